The van der Waals surface area contributed by atoms with Crippen molar-refractivity contribution in [3.8, 4) is 6.07 Å². The molecule has 2 fully saturated rings. The maximum Gasteiger partial charge on any atom is 0.419 e. The summed E-state index contributed by atoms with van der Waals surface area (Å²) < 4.78 is 46.4. The molecule has 37 heavy (non-hydrogen) atoms. The first-order valence-electron chi connectivity index (χ1n) is 12.3. The highest BCUT2D eigenvalue weighted by Gasteiger charge is 2.47. The van der Waals surface area contributed by atoms with Crippen molar-refractivity contribution in [2.24, 2.45) is 18.4 Å². The van der Waals surface area contributed by atoms with Gasteiger partial charge in [0.05, 0.1) is 28.1 Å². The number of alkyl halides is 3. The molecule has 194 valence electrons. The molecule has 1 amide bonds. The lowest BCUT2D eigenvalue weighted by molar-refractivity contribution is -0.137. The fraction of sp³-hybridized carbons (Fsp3) is 0.444. The summed E-state index contributed by atoms with van der Waals surface area (Å²) in [6.07, 6.45) is -1.00. The number of aryl methyl sites for hydroxylation is 1. The van der Waals surface area contributed by atoms with Crippen molar-refractivity contribution in [1.29, 1.82) is 5.26 Å². The van der Waals surface area contributed by atoms with Crippen LogP contribution in [0.2, 0.25) is 0 Å². The number of nitriles is 1. The standard InChI is InChI=1S/C27H27F3N4O3/c1-33-22-11-18(4-5-23(22)37-25(33)36)15-34-7-6-26(16-34,12-17-2-3-17)24(35)32-14-20-8-19(13-31)9-21(10-20)27(28,29)30/h4-5,8-11,17H,2-3,6-7,12,14-16H2,1H3,(H,32,35). The molecule has 5 rings (SSSR count). The summed E-state index contributed by atoms with van der Waals surface area (Å²) in [5.41, 5.74) is 0.868. The molecule has 1 saturated heterocycles. The lowest BCUT2D eigenvalue weighted by atomic mass is 9.80. The molecule has 0 radical (unpaired) electrons. The molecule has 1 atom stereocenters. The number of amides is 1. The Kier molecular flexibility index (Phi) is 6.36. The number of fused-ring (bicyclic) bond motifs is 1. The van der Waals surface area contributed by atoms with Gasteiger partial charge in [-0.1, -0.05) is 18.9 Å². The third kappa shape index (κ3) is 5.27. The highest BCUT2D eigenvalue weighted by molar-refractivity contribution is 5.83. The number of carbonyl (C=O) groups is 1. The topological polar surface area (TPSA) is 91.3 Å². The smallest absolute Gasteiger partial charge is 0.408 e. The molecule has 2 aromatic carbocycles. The summed E-state index contributed by atoms with van der Waals surface area (Å²) in [4.78, 5) is 27.5. The molecule has 1 saturated carbocycles. The molecule has 2 aliphatic rings. The molecule has 1 aliphatic carbocycles. The van der Waals surface area contributed by atoms with E-state index < -0.39 is 22.9 Å². The molecule has 10 heteroatoms. The molecular weight excluding hydrogens is 485 g/mol. The van der Waals surface area contributed by atoms with Crippen LogP contribution < -0.4 is 11.1 Å². The van der Waals surface area contributed by atoms with Gasteiger partial charge in [-0.2, -0.15) is 18.4 Å². The molecular formula is C27H27F3N4O3. The minimum absolute atomic E-state index is 0.0744. The summed E-state index contributed by atoms with van der Waals surface area (Å²) in [6, 6.07) is 10.5. The number of rotatable bonds is 7. The second kappa shape index (κ2) is 9.38. The summed E-state index contributed by atoms with van der Waals surface area (Å²) >= 11 is 0. The number of oxazole rings is 1. The zero-order chi connectivity index (χ0) is 26.4. The number of halogens is 3. The van der Waals surface area contributed by atoms with Gasteiger partial charge in [-0.3, -0.25) is 14.3 Å². The van der Waals surface area contributed by atoms with E-state index in [1.807, 2.05) is 12.1 Å². The molecule has 1 N–H and O–H groups in total. The largest absolute Gasteiger partial charge is 0.419 e. The second-order valence-corrected chi connectivity index (χ2v) is 10.3. The first-order valence-corrected chi connectivity index (χ1v) is 12.3. The van der Waals surface area contributed by atoms with Crippen LogP contribution in [-0.2, 0) is 31.1 Å². The third-order valence-corrected chi connectivity index (χ3v) is 7.46. The predicted molar refractivity (Wildman–Crippen MR) is 129 cm³/mol. The molecule has 3 aromatic rings. The summed E-state index contributed by atoms with van der Waals surface area (Å²) in [7, 11) is 1.66. The Morgan fingerprint density at radius 2 is 2.00 bits per heavy atom. The van der Waals surface area contributed by atoms with E-state index in [-0.39, 0.29) is 23.6 Å². The van der Waals surface area contributed by atoms with Gasteiger partial charge < -0.3 is 9.73 Å². The van der Waals surface area contributed by atoms with E-state index in [9.17, 15) is 22.8 Å². The van der Waals surface area contributed by atoms with E-state index in [1.54, 1.807) is 19.2 Å². The number of carbonyl (C=O) groups excluding carboxylic acids is 1. The molecule has 1 aromatic heterocycles. The number of nitrogens with one attached hydrogen (secondary N) is 1. The average molecular weight is 513 g/mol. The lowest BCUT2D eigenvalue weighted by Crippen LogP contribution is -2.43. The highest BCUT2D eigenvalue weighted by atomic mass is 19.4. The van der Waals surface area contributed by atoms with Crippen molar-refractivity contribution >= 4 is 17.0 Å². The van der Waals surface area contributed by atoms with Crippen molar-refractivity contribution in [2.75, 3.05) is 13.1 Å². The summed E-state index contributed by atoms with van der Waals surface area (Å²) in [5, 5.41) is 12.0. The quantitative estimate of drug-likeness (QED) is 0.509. The van der Waals surface area contributed by atoms with E-state index in [2.05, 4.69) is 10.2 Å². The van der Waals surface area contributed by atoms with E-state index >= 15 is 0 Å². The van der Waals surface area contributed by atoms with Gasteiger partial charge in [-0.05, 0) is 66.8 Å². The number of aromatic nitrogens is 1. The average Bonchev–Trinajstić information content (AvgIpc) is 3.51. The van der Waals surface area contributed by atoms with Crippen LogP contribution in [-0.4, -0.2) is 28.5 Å². The third-order valence-electron chi connectivity index (χ3n) is 7.46. The number of nitrogens with zero attached hydrogens (tertiary/aromatic N) is 3. The van der Waals surface area contributed by atoms with Crippen LogP contribution in [0.25, 0.3) is 11.1 Å². The molecule has 0 bridgehead atoms. The first kappa shape index (κ1) is 25.1. The van der Waals surface area contributed by atoms with Gasteiger partial charge in [0, 0.05) is 26.7 Å². The molecule has 0 spiro atoms. The van der Waals surface area contributed by atoms with Gasteiger partial charge in [-0.15, -0.1) is 0 Å². The molecule has 1 unspecified atom stereocenters. The zero-order valence-corrected chi connectivity index (χ0v) is 20.4. The Morgan fingerprint density at radius 1 is 1.22 bits per heavy atom. The van der Waals surface area contributed by atoms with Gasteiger partial charge in [0.2, 0.25) is 5.91 Å². The van der Waals surface area contributed by atoms with Crippen molar-refractivity contribution in [3.05, 3.63) is 69.2 Å². The second-order valence-electron chi connectivity index (χ2n) is 10.3. The molecule has 1 aliphatic heterocycles. The Morgan fingerprint density at radius 3 is 2.70 bits per heavy atom. The monoisotopic (exact) mass is 512 g/mol. The molecule has 2 heterocycles. The first-order chi connectivity index (χ1) is 17.6. The van der Waals surface area contributed by atoms with Crippen molar-refractivity contribution in [1.82, 2.24) is 14.8 Å². The number of benzene rings is 2. The summed E-state index contributed by atoms with van der Waals surface area (Å²) in [6.45, 7) is 1.79. The van der Waals surface area contributed by atoms with Gasteiger partial charge in [0.15, 0.2) is 5.58 Å². The Balaban J connectivity index is 1.30. The van der Waals surface area contributed by atoms with Crippen LogP contribution in [0.15, 0.2) is 45.6 Å². The van der Waals surface area contributed by atoms with Gasteiger partial charge >= 0.3 is 11.9 Å². The van der Waals surface area contributed by atoms with Crippen molar-refractivity contribution < 1.29 is 22.4 Å². The highest BCUT2D eigenvalue weighted by Crippen LogP contribution is 2.45. The Bertz CT molecular complexity index is 1450. The van der Waals surface area contributed by atoms with Crippen LogP contribution in [0.5, 0.6) is 0 Å². The fourth-order valence-corrected chi connectivity index (χ4v) is 5.33. The van der Waals surface area contributed by atoms with Crippen LogP contribution in [0.4, 0.5) is 13.2 Å². The maximum absolute atomic E-state index is 13.5. The Labute approximate surface area is 211 Å². The number of likely N-dealkylation sites (tertiary alicyclic amines) is 1. The van der Waals surface area contributed by atoms with Gasteiger partial charge in [0.1, 0.15) is 0 Å². The normalized spacial score (nSPS) is 20.3. The zero-order valence-electron chi connectivity index (χ0n) is 20.4. The van der Waals surface area contributed by atoms with Crippen molar-refractivity contribution in [3.63, 3.8) is 0 Å². The fourth-order valence-electron chi connectivity index (χ4n) is 5.33. The number of hydrogen-bond acceptors (Lipinski definition) is 5. The van der Waals surface area contributed by atoms with Crippen LogP contribution in [0.3, 0.4) is 0 Å². The minimum Gasteiger partial charge on any atom is -0.408 e. The van der Waals surface area contributed by atoms with E-state index in [0.717, 1.165) is 37.0 Å². The van der Waals surface area contributed by atoms with Gasteiger partial charge in [-0.25, -0.2) is 4.79 Å². The number of hydrogen-bond donors (Lipinski definition) is 1. The van der Waals surface area contributed by atoms with E-state index in [0.29, 0.717) is 43.1 Å². The van der Waals surface area contributed by atoms with Gasteiger partial charge in [0.25, 0.3) is 0 Å². The Hall–Kier alpha value is -3.58. The SMILES string of the molecule is Cn1c(=O)oc2ccc(CN3CCC(CC4CC4)(C(=O)NCc4cc(C#N)cc(C(F)(F)F)c4)C3)cc21. The van der Waals surface area contributed by atoms with Crippen molar-refractivity contribution in [2.45, 2.75) is 44.9 Å². The van der Waals surface area contributed by atoms with Crippen LogP contribution in [0.1, 0.15) is 47.9 Å². The molecule has 7 nitrogen and oxygen atoms in total. The maximum atomic E-state index is 13.5. The summed E-state index contributed by atoms with van der Waals surface area (Å²) in [5.74, 6) is -0.0946. The van der Waals surface area contributed by atoms with E-state index in [1.165, 1.54) is 10.6 Å². The predicted octanol–water partition coefficient (Wildman–Crippen LogP) is 4.33. The van der Waals surface area contributed by atoms with Crippen LogP contribution in [0, 0.1) is 22.7 Å². The van der Waals surface area contributed by atoms with Crippen LogP contribution >= 0.6 is 0 Å². The van der Waals surface area contributed by atoms with E-state index in [4.69, 9.17) is 9.68 Å². The minimum atomic E-state index is -4.57. The lowest BCUT2D eigenvalue weighted by Gasteiger charge is -2.29.